The van der Waals surface area contributed by atoms with Crippen LogP contribution >= 0.6 is 0 Å². The van der Waals surface area contributed by atoms with E-state index in [1.165, 1.54) is 50.0 Å². The minimum Gasteiger partial charge on any atom is -0.355 e. The maximum absolute atomic E-state index is 3.72. The highest BCUT2D eigenvalue weighted by Crippen LogP contribution is 2.41. The molecule has 0 radical (unpaired) electrons. The van der Waals surface area contributed by atoms with Gasteiger partial charge in [-0.15, -0.1) is 0 Å². The van der Waals surface area contributed by atoms with Gasteiger partial charge in [0.15, 0.2) is 0 Å². The average Bonchev–Trinajstić information content (AvgIpc) is 3.07. The SMILES string of the molecule is CCc1c(Nc2cccc3ccccc23)ccc2c1Cc1ccccc1-2. The fourth-order valence-corrected chi connectivity index (χ4v) is 4.28. The van der Waals surface area contributed by atoms with Gasteiger partial charge >= 0.3 is 0 Å². The van der Waals surface area contributed by atoms with Crippen LogP contribution in [0.25, 0.3) is 21.9 Å². The predicted octanol–water partition coefficient (Wildman–Crippen LogP) is 6.72. The van der Waals surface area contributed by atoms with Crippen molar-refractivity contribution >= 4 is 22.1 Å². The summed E-state index contributed by atoms with van der Waals surface area (Å²) in [5.41, 5.74) is 9.57. The Bertz CT molecular complexity index is 1120. The number of hydrogen-bond acceptors (Lipinski definition) is 1. The minimum absolute atomic E-state index is 1.03. The summed E-state index contributed by atoms with van der Waals surface area (Å²) in [5, 5.41) is 6.26. The maximum Gasteiger partial charge on any atom is 0.0463 e. The van der Waals surface area contributed by atoms with Crippen LogP contribution in [0.1, 0.15) is 23.6 Å². The van der Waals surface area contributed by atoms with Gasteiger partial charge in [0.2, 0.25) is 0 Å². The normalized spacial score (nSPS) is 12.0. The van der Waals surface area contributed by atoms with Crippen LogP contribution in [-0.2, 0) is 12.8 Å². The van der Waals surface area contributed by atoms with Gasteiger partial charge in [-0.2, -0.15) is 0 Å². The van der Waals surface area contributed by atoms with Gasteiger partial charge in [0.1, 0.15) is 0 Å². The Morgan fingerprint density at radius 1 is 0.731 bits per heavy atom. The number of benzene rings is 4. The molecule has 0 saturated carbocycles. The lowest BCUT2D eigenvalue weighted by atomic mass is 9.97. The molecule has 0 spiro atoms. The van der Waals surface area contributed by atoms with Crippen molar-refractivity contribution in [1.29, 1.82) is 0 Å². The van der Waals surface area contributed by atoms with Crippen LogP contribution in [0.15, 0.2) is 78.9 Å². The van der Waals surface area contributed by atoms with Gasteiger partial charge in [0.05, 0.1) is 0 Å². The van der Waals surface area contributed by atoms with Crippen LogP contribution < -0.4 is 5.32 Å². The smallest absolute Gasteiger partial charge is 0.0463 e. The quantitative estimate of drug-likeness (QED) is 0.386. The molecule has 1 nitrogen and oxygen atoms in total. The summed E-state index contributed by atoms with van der Waals surface area (Å²) in [6.45, 7) is 2.26. The van der Waals surface area contributed by atoms with Crippen molar-refractivity contribution in [2.75, 3.05) is 5.32 Å². The molecule has 126 valence electrons. The standard InChI is InChI=1S/C25H21N/c1-2-19-23-16-18-9-4-5-11-20(18)22(23)14-15-25(19)26-24-13-7-10-17-8-3-6-12-21(17)24/h3-15,26H,2,16H2,1H3. The molecule has 1 aliphatic rings. The molecule has 1 heteroatoms. The zero-order chi connectivity index (χ0) is 17.5. The van der Waals surface area contributed by atoms with Crippen LogP contribution in [0.5, 0.6) is 0 Å². The number of nitrogens with one attached hydrogen (secondary N) is 1. The van der Waals surface area contributed by atoms with E-state index in [2.05, 4.69) is 91.1 Å². The number of hydrogen-bond donors (Lipinski definition) is 1. The molecule has 4 aromatic rings. The van der Waals surface area contributed by atoms with Crippen molar-refractivity contribution in [3.8, 4) is 11.1 Å². The predicted molar refractivity (Wildman–Crippen MR) is 111 cm³/mol. The lowest BCUT2D eigenvalue weighted by Gasteiger charge is -2.17. The fourth-order valence-electron chi connectivity index (χ4n) is 4.28. The molecule has 4 aromatic carbocycles. The van der Waals surface area contributed by atoms with E-state index in [0.29, 0.717) is 0 Å². The van der Waals surface area contributed by atoms with E-state index < -0.39 is 0 Å². The third kappa shape index (κ3) is 2.32. The van der Waals surface area contributed by atoms with Crippen molar-refractivity contribution < 1.29 is 0 Å². The van der Waals surface area contributed by atoms with E-state index in [-0.39, 0.29) is 0 Å². The van der Waals surface area contributed by atoms with Gasteiger partial charge < -0.3 is 5.32 Å². The first-order valence-electron chi connectivity index (χ1n) is 9.33. The number of rotatable bonds is 3. The summed E-state index contributed by atoms with van der Waals surface area (Å²) in [6.07, 6.45) is 2.07. The van der Waals surface area contributed by atoms with Gasteiger partial charge in [-0.25, -0.2) is 0 Å². The lowest BCUT2D eigenvalue weighted by molar-refractivity contribution is 1.09. The van der Waals surface area contributed by atoms with Crippen molar-refractivity contribution in [3.63, 3.8) is 0 Å². The van der Waals surface area contributed by atoms with Crippen LogP contribution in [0, 0.1) is 0 Å². The van der Waals surface area contributed by atoms with Crippen LogP contribution in [-0.4, -0.2) is 0 Å². The van der Waals surface area contributed by atoms with E-state index >= 15 is 0 Å². The molecule has 1 N–H and O–H groups in total. The third-order valence-electron chi connectivity index (χ3n) is 5.52. The zero-order valence-corrected chi connectivity index (χ0v) is 14.9. The Morgan fingerprint density at radius 3 is 2.46 bits per heavy atom. The molecule has 0 aromatic heterocycles. The molecule has 26 heavy (non-hydrogen) atoms. The third-order valence-corrected chi connectivity index (χ3v) is 5.52. The van der Waals surface area contributed by atoms with Crippen LogP contribution in [0.3, 0.4) is 0 Å². The number of anilines is 2. The zero-order valence-electron chi connectivity index (χ0n) is 14.9. The molecule has 5 rings (SSSR count). The molecule has 0 heterocycles. The van der Waals surface area contributed by atoms with E-state index in [1.54, 1.807) is 0 Å². The monoisotopic (exact) mass is 335 g/mol. The molecule has 0 saturated heterocycles. The summed E-state index contributed by atoms with van der Waals surface area (Å²) in [4.78, 5) is 0. The first-order valence-corrected chi connectivity index (χ1v) is 9.33. The van der Waals surface area contributed by atoms with Crippen LogP contribution in [0.2, 0.25) is 0 Å². The first kappa shape index (κ1) is 15.2. The molecule has 0 bridgehead atoms. The molecule has 0 unspecified atom stereocenters. The van der Waals surface area contributed by atoms with Crippen molar-refractivity contribution in [3.05, 3.63) is 95.6 Å². The Kier molecular flexibility index (Phi) is 3.53. The second-order valence-corrected chi connectivity index (χ2v) is 6.96. The Labute approximate surface area is 154 Å². The van der Waals surface area contributed by atoms with E-state index in [0.717, 1.165) is 12.8 Å². The van der Waals surface area contributed by atoms with Gasteiger partial charge in [-0.1, -0.05) is 73.7 Å². The number of fused-ring (bicyclic) bond motifs is 4. The van der Waals surface area contributed by atoms with Gasteiger partial charge in [-0.3, -0.25) is 0 Å². The van der Waals surface area contributed by atoms with Crippen molar-refractivity contribution in [2.45, 2.75) is 19.8 Å². The van der Waals surface area contributed by atoms with E-state index in [9.17, 15) is 0 Å². The van der Waals surface area contributed by atoms with E-state index in [4.69, 9.17) is 0 Å². The summed E-state index contributed by atoms with van der Waals surface area (Å²) in [6, 6.07) is 28.3. The summed E-state index contributed by atoms with van der Waals surface area (Å²) >= 11 is 0. The molecule has 0 atom stereocenters. The van der Waals surface area contributed by atoms with Crippen LogP contribution in [0.4, 0.5) is 11.4 Å². The molecule has 0 fully saturated rings. The molecule has 0 aliphatic heterocycles. The highest BCUT2D eigenvalue weighted by atomic mass is 14.9. The molecule has 0 amide bonds. The Balaban J connectivity index is 1.62. The molecule has 1 aliphatic carbocycles. The molecular weight excluding hydrogens is 314 g/mol. The maximum atomic E-state index is 3.72. The van der Waals surface area contributed by atoms with Gasteiger partial charge in [0, 0.05) is 16.8 Å². The van der Waals surface area contributed by atoms with E-state index in [1.807, 2.05) is 0 Å². The Hall–Kier alpha value is -3.06. The Morgan fingerprint density at radius 2 is 1.54 bits per heavy atom. The summed E-state index contributed by atoms with van der Waals surface area (Å²) in [5.74, 6) is 0. The summed E-state index contributed by atoms with van der Waals surface area (Å²) < 4.78 is 0. The highest BCUT2D eigenvalue weighted by molar-refractivity contribution is 5.96. The van der Waals surface area contributed by atoms with Crippen molar-refractivity contribution in [1.82, 2.24) is 0 Å². The second-order valence-electron chi connectivity index (χ2n) is 6.96. The first-order chi connectivity index (χ1) is 12.8. The summed E-state index contributed by atoms with van der Waals surface area (Å²) in [7, 11) is 0. The lowest BCUT2D eigenvalue weighted by Crippen LogP contribution is -2.00. The van der Waals surface area contributed by atoms with Gasteiger partial charge in [-0.05, 0) is 58.2 Å². The minimum atomic E-state index is 1.03. The fraction of sp³-hybridized carbons (Fsp3) is 0.120. The average molecular weight is 335 g/mol. The highest BCUT2D eigenvalue weighted by Gasteiger charge is 2.22. The van der Waals surface area contributed by atoms with Gasteiger partial charge in [0.25, 0.3) is 0 Å². The van der Waals surface area contributed by atoms with Crippen molar-refractivity contribution in [2.24, 2.45) is 0 Å². The molecular formula is C25H21N. The second kappa shape index (κ2) is 6.03. The largest absolute Gasteiger partial charge is 0.355 e. The topological polar surface area (TPSA) is 12.0 Å².